The minimum Gasteiger partial charge on any atom is -0.489 e. The molecule has 3 aromatic rings. The number of aromatic nitrogens is 4. The fourth-order valence-corrected chi connectivity index (χ4v) is 2.85. The first-order chi connectivity index (χ1) is 13.6. The van der Waals surface area contributed by atoms with Crippen LogP contribution in [-0.4, -0.2) is 26.1 Å². The number of nitrogens with one attached hydrogen (secondary N) is 1. The van der Waals surface area contributed by atoms with Crippen molar-refractivity contribution < 1.29 is 17.9 Å². The van der Waals surface area contributed by atoms with Crippen LogP contribution in [0.2, 0.25) is 10.2 Å². The molecule has 0 radical (unpaired) electrons. The number of benzene rings is 1. The van der Waals surface area contributed by atoms with Gasteiger partial charge in [-0.15, -0.1) is 5.10 Å². The molecule has 0 aliphatic heterocycles. The number of rotatable bonds is 6. The Morgan fingerprint density at radius 1 is 1.17 bits per heavy atom. The average molecular weight is 446 g/mol. The molecule has 11 heteroatoms. The van der Waals surface area contributed by atoms with Gasteiger partial charge in [-0.05, 0) is 44.2 Å². The Balaban J connectivity index is 1.71. The summed E-state index contributed by atoms with van der Waals surface area (Å²) in [7, 11) is 0. The lowest BCUT2D eigenvalue weighted by atomic mass is 10.3. The van der Waals surface area contributed by atoms with Crippen LogP contribution in [0.4, 0.5) is 18.9 Å². The second-order valence-corrected chi connectivity index (χ2v) is 7.15. The van der Waals surface area contributed by atoms with Gasteiger partial charge in [0.15, 0.2) is 0 Å². The molecule has 0 bridgehead atoms. The number of alkyl halides is 3. The maximum Gasteiger partial charge on any atom is 0.433 e. The number of ether oxygens (including phenoxy) is 1. The van der Waals surface area contributed by atoms with Crippen molar-refractivity contribution in [3.8, 4) is 11.4 Å². The van der Waals surface area contributed by atoms with Gasteiger partial charge in [-0.2, -0.15) is 13.2 Å². The first-order valence-corrected chi connectivity index (χ1v) is 9.24. The summed E-state index contributed by atoms with van der Waals surface area (Å²) in [5, 5.41) is 11.0. The van der Waals surface area contributed by atoms with E-state index in [0.717, 1.165) is 6.07 Å². The van der Waals surface area contributed by atoms with Crippen LogP contribution < -0.4 is 10.1 Å². The summed E-state index contributed by atoms with van der Waals surface area (Å²) in [6.07, 6.45) is -2.97. The summed E-state index contributed by atoms with van der Waals surface area (Å²) in [5.41, 5.74) is 0.265. The Bertz CT molecular complexity index is 1010. The Morgan fingerprint density at radius 3 is 2.59 bits per heavy atom. The summed E-state index contributed by atoms with van der Waals surface area (Å²) in [6, 6.07) is 7.37. The zero-order valence-electron chi connectivity index (χ0n) is 15.3. The standard InChI is InChI=1S/C18H16Cl2F3N5O/c1-10(2)29-15-4-3-13(7-14(15)19)28-9-12(26-27-28)8-24-11-5-16(18(21,22)23)25-17(20)6-11/h3-7,9-10H,8H2,1-2H3,(H,24,25). The van der Waals surface area contributed by atoms with E-state index in [1.54, 1.807) is 24.4 Å². The summed E-state index contributed by atoms with van der Waals surface area (Å²) >= 11 is 11.9. The summed E-state index contributed by atoms with van der Waals surface area (Å²) in [6.45, 7) is 3.93. The predicted molar refractivity (Wildman–Crippen MR) is 104 cm³/mol. The average Bonchev–Trinajstić information content (AvgIpc) is 3.09. The normalized spacial score (nSPS) is 11.7. The maximum atomic E-state index is 12.8. The van der Waals surface area contributed by atoms with Gasteiger partial charge in [-0.3, -0.25) is 0 Å². The molecule has 0 fully saturated rings. The van der Waals surface area contributed by atoms with E-state index in [0.29, 0.717) is 22.2 Å². The molecule has 0 aliphatic carbocycles. The van der Waals surface area contributed by atoms with Crippen molar-refractivity contribution >= 4 is 28.9 Å². The van der Waals surface area contributed by atoms with E-state index in [1.165, 1.54) is 10.7 Å². The molecule has 3 rings (SSSR count). The van der Waals surface area contributed by atoms with Crippen molar-refractivity contribution in [1.82, 2.24) is 20.0 Å². The first-order valence-electron chi connectivity index (χ1n) is 8.48. The van der Waals surface area contributed by atoms with Crippen molar-refractivity contribution in [3.05, 3.63) is 58.1 Å². The molecule has 2 heterocycles. The number of nitrogens with zero attached hydrogens (tertiary/aromatic N) is 4. The van der Waals surface area contributed by atoms with Gasteiger partial charge < -0.3 is 10.1 Å². The lowest BCUT2D eigenvalue weighted by Gasteiger charge is -2.12. The fraction of sp³-hybridized carbons (Fsp3) is 0.278. The van der Waals surface area contributed by atoms with Gasteiger partial charge >= 0.3 is 6.18 Å². The molecule has 29 heavy (non-hydrogen) atoms. The number of hydrogen-bond donors (Lipinski definition) is 1. The third-order valence-electron chi connectivity index (χ3n) is 3.64. The Labute approximate surface area is 174 Å². The molecule has 6 nitrogen and oxygen atoms in total. The number of anilines is 1. The molecule has 0 saturated carbocycles. The van der Waals surface area contributed by atoms with Crippen LogP contribution in [0.5, 0.6) is 5.75 Å². The van der Waals surface area contributed by atoms with Gasteiger partial charge in [0, 0.05) is 5.69 Å². The largest absolute Gasteiger partial charge is 0.489 e. The molecule has 1 aromatic carbocycles. The zero-order chi connectivity index (χ0) is 21.2. The highest BCUT2D eigenvalue weighted by Crippen LogP contribution is 2.31. The molecule has 0 spiro atoms. The first kappa shape index (κ1) is 21.2. The minimum atomic E-state index is -4.59. The van der Waals surface area contributed by atoms with E-state index in [4.69, 9.17) is 27.9 Å². The Morgan fingerprint density at radius 2 is 1.93 bits per heavy atom. The van der Waals surface area contributed by atoms with E-state index >= 15 is 0 Å². The van der Waals surface area contributed by atoms with Gasteiger partial charge in [0.2, 0.25) is 0 Å². The molecule has 0 aliphatic rings. The van der Waals surface area contributed by atoms with E-state index in [2.05, 4.69) is 20.6 Å². The van der Waals surface area contributed by atoms with Crippen molar-refractivity contribution in [3.63, 3.8) is 0 Å². The minimum absolute atomic E-state index is 0.0121. The third kappa shape index (κ3) is 5.51. The van der Waals surface area contributed by atoms with Crippen molar-refractivity contribution in [1.29, 1.82) is 0 Å². The molecule has 0 saturated heterocycles. The van der Waals surface area contributed by atoms with E-state index in [-0.39, 0.29) is 23.5 Å². The van der Waals surface area contributed by atoms with Gasteiger partial charge in [-0.1, -0.05) is 28.4 Å². The molecule has 2 aromatic heterocycles. The number of halogens is 5. The number of pyridine rings is 1. The lowest BCUT2D eigenvalue weighted by molar-refractivity contribution is -0.141. The highest BCUT2D eigenvalue weighted by atomic mass is 35.5. The lowest BCUT2D eigenvalue weighted by Crippen LogP contribution is -2.09. The van der Waals surface area contributed by atoms with E-state index in [9.17, 15) is 13.2 Å². The van der Waals surface area contributed by atoms with Crippen molar-refractivity contribution in [2.24, 2.45) is 0 Å². The molecule has 0 atom stereocenters. The highest BCUT2D eigenvalue weighted by Gasteiger charge is 2.33. The summed E-state index contributed by atoms with van der Waals surface area (Å²) < 4.78 is 45.6. The maximum absolute atomic E-state index is 12.8. The SMILES string of the molecule is CC(C)Oc1ccc(-n2cc(CNc3cc(Cl)nc(C(F)(F)F)c3)nn2)cc1Cl. The molecular weight excluding hydrogens is 430 g/mol. The van der Waals surface area contributed by atoms with Crippen LogP contribution in [0.15, 0.2) is 36.5 Å². The van der Waals surface area contributed by atoms with Crippen molar-refractivity contribution in [2.75, 3.05) is 5.32 Å². The Kier molecular flexibility index (Phi) is 6.18. The highest BCUT2D eigenvalue weighted by molar-refractivity contribution is 6.32. The smallest absolute Gasteiger partial charge is 0.433 e. The van der Waals surface area contributed by atoms with Crippen LogP contribution >= 0.6 is 23.2 Å². The molecule has 154 valence electrons. The van der Waals surface area contributed by atoms with Gasteiger partial charge in [0.05, 0.1) is 29.6 Å². The zero-order valence-corrected chi connectivity index (χ0v) is 16.8. The number of hydrogen-bond acceptors (Lipinski definition) is 5. The van der Waals surface area contributed by atoms with Gasteiger partial charge in [0.25, 0.3) is 0 Å². The Hall–Kier alpha value is -2.52. The topological polar surface area (TPSA) is 64.9 Å². The van der Waals surface area contributed by atoms with Crippen LogP contribution in [0.25, 0.3) is 5.69 Å². The molecular formula is C18H16Cl2F3N5O. The predicted octanol–water partition coefficient (Wildman–Crippen LogP) is 5.39. The van der Waals surface area contributed by atoms with Crippen LogP contribution in [0.3, 0.4) is 0 Å². The fourth-order valence-electron chi connectivity index (χ4n) is 2.42. The monoisotopic (exact) mass is 445 g/mol. The van der Waals surface area contributed by atoms with Crippen LogP contribution in [0, 0.1) is 0 Å². The van der Waals surface area contributed by atoms with Crippen molar-refractivity contribution in [2.45, 2.75) is 32.7 Å². The second-order valence-electron chi connectivity index (χ2n) is 6.35. The third-order valence-corrected chi connectivity index (χ3v) is 4.13. The molecule has 0 amide bonds. The van der Waals surface area contributed by atoms with E-state index < -0.39 is 11.9 Å². The quantitative estimate of drug-likeness (QED) is 0.515. The van der Waals surface area contributed by atoms with Gasteiger partial charge in [0.1, 0.15) is 22.3 Å². The second kappa shape index (κ2) is 8.46. The molecule has 1 N–H and O–H groups in total. The van der Waals surface area contributed by atoms with Crippen LogP contribution in [-0.2, 0) is 12.7 Å². The van der Waals surface area contributed by atoms with E-state index in [1.807, 2.05) is 13.8 Å². The molecule has 0 unspecified atom stereocenters. The summed E-state index contributed by atoms with van der Waals surface area (Å²) in [4.78, 5) is 3.28. The summed E-state index contributed by atoms with van der Waals surface area (Å²) in [5.74, 6) is 0.558. The van der Waals surface area contributed by atoms with Gasteiger partial charge in [-0.25, -0.2) is 9.67 Å². The van der Waals surface area contributed by atoms with Crippen LogP contribution in [0.1, 0.15) is 25.2 Å².